The second kappa shape index (κ2) is 7.83. The van der Waals surface area contributed by atoms with E-state index in [2.05, 4.69) is 5.32 Å². The number of aldehydes is 1. The largest absolute Gasteiger partial charge is 0.385 e. The maximum atomic E-state index is 12.9. The normalized spacial score (nSPS) is 12.0. The third-order valence-electron chi connectivity index (χ3n) is 3.89. The molecule has 0 aliphatic heterocycles. The molecule has 25 heavy (non-hydrogen) atoms. The Bertz CT molecular complexity index is 827. The molecule has 0 bridgehead atoms. The smallest absolute Gasteiger partial charge is 0.179 e. The molecule has 0 heterocycles. The Morgan fingerprint density at radius 1 is 1.08 bits per heavy atom. The van der Waals surface area contributed by atoms with Crippen LogP contribution in [-0.2, 0) is 21.1 Å². The lowest BCUT2D eigenvalue weighted by atomic mass is 10.00. The molecule has 0 fully saturated rings. The maximum absolute atomic E-state index is 12.9. The number of sulfone groups is 1. The Morgan fingerprint density at radius 3 is 2.36 bits per heavy atom. The van der Waals surface area contributed by atoms with Gasteiger partial charge in [0.15, 0.2) is 9.84 Å². The van der Waals surface area contributed by atoms with Gasteiger partial charge in [0.25, 0.3) is 0 Å². The third kappa shape index (κ3) is 5.16. The molecule has 0 aliphatic rings. The number of rotatable bonds is 8. The van der Waals surface area contributed by atoms with E-state index in [1.54, 1.807) is 26.0 Å². The minimum Gasteiger partial charge on any atom is -0.385 e. The first-order chi connectivity index (χ1) is 11.8. The summed E-state index contributed by atoms with van der Waals surface area (Å²) in [5.74, 6) is -0.203. The molecule has 0 saturated carbocycles. The van der Waals surface area contributed by atoms with E-state index in [1.807, 2.05) is 43.3 Å². The van der Waals surface area contributed by atoms with Crippen LogP contribution in [0, 0.1) is 5.41 Å². The first-order valence-electron chi connectivity index (χ1n) is 8.37. The summed E-state index contributed by atoms with van der Waals surface area (Å²) >= 11 is 0. The summed E-state index contributed by atoms with van der Waals surface area (Å²) in [4.78, 5) is 11.5. The average molecular weight is 359 g/mol. The highest BCUT2D eigenvalue weighted by Gasteiger charge is 2.29. The lowest BCUT2D eigenvalue weighted by molar-refractivity contribution is -0.113. The van der Waals surface area contributed by atoms with Gasteiger partial charge >= 0.3 is 0 Å². The number of benzene rings is 2. The second-order valence-electron chi connectivity index (χ2n) is 6.88. The van der Waals surface area contributed by atoms with Crippen LogP contribution in [0.4, 0.5) is 5.69 Å². The first-order valence-corrected chi connectivity index (χ1v) is 10.0. The minimum atomic E-state index is -3.57. The van der Waals surface area contributed by atoms with E-state index in [4.69, 9.17) is 0 Å². The molecule has 2 aromatic rings. The van der Waals surface area contributed by atoms with E-state index < -0.39 is 15.3 Å². The molecule has 0 spiro atoms. The van der Waals surface area contributed by atoms with Gasteiger partial charge in [0.05, 0.1) is 10.6 Å². The van der Waals surface area contributed by atoms with E-state index in [1.165, 1.54) is 0 Å². The molecule has 0 unspecified atom stereocenters. The van der Waals surface area contributed by atoms with Gasteiger partial charge in [-0.25, -0.2) is 8.42 Å². The molecule has 0 saturated heterocycles. The summed E-state index contributed by atoms with van der Waals surface area (Å²) in [5, 5.41) is 3.22. The fourth-order valence-corrected chi connectivity index (χ4v) is 4.76. The van der Waals surface area contributed by atoms with Gasteiger partial charge < -0.3 is 10.1 Å². The monoisotopic (exact) mass is 359 g/mol. The number of hydrogen-bond donors (Lipinski definition) is 1. The van der Waals surface area contributed by atoms with E-state index in [0.717, 1.165) is 23.4 Å². The van der Waals surface area contributed by atoms with Crippen molar-refractivity contribution in [1.29, 1.82) is 0 Å². The van der Waals surface area contributed by atoms with Gasteiger partial charge in [-0.1, -0.05) is 44.2 Å². The zero-order chi connectivity index (χ0) is 18.5. The van der Waals surface area contributed by atoms with Crippen LogP contribution in [0.2, 0.25) is 0 Å². The molecular weight excluding hydrogens is 334 g/mol. The number of hydrogen-bond acceptors (Lipinski definition) is 4. The zero-order valence-corrected chi connectivity index (χ0v) is 15.8. The van der Waals surface area contributed by atoms with Gasteiger partial charge in [-0.3, -0.25) is 0 Å². The van der Waals surface area contributed by atoms with Crippen molar-refractivity contribution < 1.29 is 13.2 Å². The summed E-state index contributed by atoms with van der Waals surface area (Å²) < 4.78 is 25.8. The van der Waals surface area contributed by atoms with Crippen LogP contribution in [0.1, 0.15) is 31.9 Å². The number of anilines is 1. The summed E-state index contributed by atoms with van der Waals surface area (Å²) in [5.41, 5.74) is 1.76. The van der Waals surface area contributed by atoms with Crippen molar-refractivity contribution in [1.82, 2.24) is 0 Å². The van der Waals surface area contributed by atoms with Gasteiger partial charge in [0.2, 0.25) is 0 Å². The summed E-state index contributed by atoms with van der Waals surface area (Å²) in [6, 6.07) is 15.1. The fraction of sp³-hybridized carbons (Fsp3) is 0.350. The van der Waals surface area contributed by atoms with E-state index >= 15 is 0 Å². The molecule has 0 aliphatic carbocycles. The Hall–Kier alpha value is -2.14. The van der Waals surface area contributed by atoms with Crippen LogP contribution in [0.3, 0.4) is 0 Å². The molecule has 0 atom stereocenters. The van der Waals surface area contributed by atoms with Crippen molar-refractivity contribution in [2.24, 2.45) is 5.41 Å². The van der Waals surface area contributed by atoms with Crippen LogP contribution in [0.25, 0.3) is 0 Å². The highest BCUT2D eigenvalue weighted by molar-refractivity contribution is 7.91. The first kappa shape index (κ1) is 19.2. The molecule has 4 nitrogen and oxygen atoms in total. The fourth-order valence-electron chi connectivity index (χ4n) is 2.75. The molecule has 1 N–H and O–H groups in total. The molecule has 2 aromatic carbocycles. The standard InChI is InChI=1S/C20H25NO3S/c1-4-21-18-10-11-19(25(23,24)15-20(2,3)14-22)17(13-18)12-16-8-6-5-7-9-16/h5-11,13-14,21H,4,12,15H2,1-3H3. The van der Waals surface area contributed by atoms with Gasteiger partial charge in [0, 0.05) is 17.6 Å². The van der Waals surface area contributed by atoms with Crippen LogP contribution in [-0.4, -0.2) is 27.0 Å². The lowest BCUT2D eigenvalue weighted by Gasteiger charge is -2.19. The van der Waals surface area contributed by atoms with Crippen molar-refractivity contribution in [2.75, 3.05) is 17.6 Å². The summed E-state index contributed by atoms with van der Waals surface area (Å²) in [7, 11) is -3.57. The molecule has 2 rings (SSSR count). The SMILES string of the molecule is CCNc1ccc(S(=O)(=O)CC(C)(C)C=O)c(Cc2ccccc2)c1. The Kier molecular flexibility index (Phi) is 6.01. The Balaban J connectivity index is 2.47. The molecule has 134 valence electrons. The van der Waals surface area contributed by atoms with E-state index in [-0.39, 0.29) is 5.75 Å². The maximum Gasteiger partial charge on any atom is 0.179 e. The topological polar surface area (TPSA) is 63.2 Å². The summed E-state index contributed by atoms with van der Waals surface area (Å²) in [6.07, 6.45) is 1.23. The van der Waals surface area contributed by atoms with Crippen molar-refractivity contribution >= 4 is 21.8 Å². The Morgan fingerprint density at radius 2 is 1.76 bits per heavy atom. The van der Waals surface area contributed by atoms with Crippen LogP contribution in [0.5, 0.6) is 0 Å². The van der Waals surface area contributed by atoms with Crippen molar-refractivity contribution in [2.45, 2.75) is 32.1 Å². The zero-order valence-electron chi connectivity index (χ0n) is 15.0. The van der Waals surface area contributed by atoms with Crippen molar-refractivity contribution in [3.8, 4) is 0 Å². The van der Waals surface area contributed by atoms with Crippen molar-refractivity contribution in [3.05, 3.63) is 59.7 Å². The number of carbonyl (C=O) groups excluding carboxylic acids is 1. The molecular formula is C20H25NO3S. The number of carbonyl (C=O) groups is 1. The van der Waals surface area contributed by atoms with E-state index in [9.17, 15) is 13.2 Å². The van der Waals surface area contributed by atoms with Gasteiger partial charge in [-0.05, 0) is 42.7 Å². The quantitative estimate of drug-likeness (QED) is 0.730. The summed E-state index contributed by atoms with van der Waals surface area (Å²) in [6.45, 7) is 6.03. The lowest BCUT2D eigenvalue weighted by Crippen LogP contribution is -2.26. The average Bonchev–Trinajstić information content (AvgIpc) is 2.55. The highest BCUT2D eigenvalue weighted by atomic mass is 32.2. The predicted octanol–water partition coefficient (Wildman–Crippen LogP) is 3.71. The number of nitrogens with one attached hydrogen (secondary N) is 1. The minimum absolute atomic E-state index is 0.203. The molecule has 0 aromatic heterocycles. The Labute approximate surface area is 150 Å². The molecule has 0 amide bonds. The second-order valence-corrected chi connectivity index (χ2v) is 8.84. The molecule has 0 radical (unpaired) electrons. The highest BCUT2D eigenvalue weighted by Crippen LogP contribution is 2.27. The predicted molar refractivity (Wildman–Crippen MR) is 102 cm³/mol. The van der Waals surface area contributed by atoms with Gasteiger partial charge in [-0.15, -0.1) is 0 Å². The van der Waals surface area contributed by atoms with Crippen molar-refractivity contribution in [3.63, 3.8) is 0 Å². The van der Waals surface area contributed by atoms with Crippen LogP contribution >= 0.6 is 0 Å². The van der Waals surface area contributed by atoms with Crippen LogP contribution < -0.4 is 5.32 Å². The van der Waals surface area contributed by atoms with Gasteiger partial charge in [0.1, 0.15) is 6.29 Å². The molecule has 5 heteroatoms. The van der Waals surface area contributed by atoms with E-state index in [0.29, 0.717) is 17.6 Å². The van der Waals surface area contributed by atoms with Crippen LogP contribution in [0.15, 0.2) is 53.4 Å². The van der Waals surface area contributed by atoms with Gasteiger partial charge in [-0.2, -0.15) is 0 Å². The third-order valence-corrected chi connectivity index (χ3v) is 6.09.